The third-order valence-electron chi connectivity index (χ3n) is 4.82. The molecule has 0 radical (unpaired) electrons. The molecule has 2 N–H and O–H groups in total. The van der Waals surface area contributed by atoms with E-state index in [0.717, 1.165) is 33.2 Å². The van der Waals surface area contributed by atoms with Crippen LogP contribution in [0.15, 0.2) is 36.4 Å². The van der Waals surface area contributed by atoms with Gasteiger partial charge in [-0.3, -0.25) is 0 Å². The largest absolute Gasteiger partial charge is 0.504 e. The van der Waals surface area contributed by atoms with Crippen molar-refractivity contribution >= 4 is 16.5 Å². The highest BCUT2D eigenvalue weighted by Crippen LogP contribution is 2.48. The normalized spacial score (nSPS) is 12.7. The summed E-state index contributed by atoms with van der Waals surface area (Å²) in [6.45, 7) is 0.563. The molecule has 3 aromatic carbocycles. The minimum atomic E-state index is 0.121. The van der Waals surface area contributed by atoms with Gasteiger partial charge in [-0.25, -0.2) is 0 Å². The summed E-state index contributed by atoms with van der Waals surface area (Å²) in [4.78, 5) is 2.09. The number of methoxy groups -OCH3 is 2. The lowest BCUT2D eigenvalue weighted by atomic mass is 9.90. The zero-order chi connectivity index (χ0) is 17.7. The van der Waals surface area contributed by atoms with Gasteiger partial charge in [0, 0.05) is 30.1 Å². The molecule has 0 fully saturated rings. The summed E-state index contributed by atoms with van der Waals surface area (Å²) in [6, 6.07) is 11.3. The van der Waals surface area contributed by atoms with E-state index in [-0.39, 0.29) is 11.5 Å². The second-order valence-corrected chi connectivity index (χ2v) is 6.21. The smallest absolute Gasteiger partial charge is 0.163 e. The number of hydrogen-bond donors (Lipinski definition) is 2. The third-order valence-corrected chi connectivity index (χ3v) is 4.82. The van der Waals surface area contributed by atoms with Crippen LogP contribution in [0.1, 0.15) is 5.56 Å². The quantitative estimate of drug-likeness (QED) is 0.743. The number of aromatic hydroxyl groups is 2. The minimum Gasteiger partial charge on any atom is -0.504 e. The summed E-state index contributed by atoms with van der Waals surface area (Å²) in [5, 5.41) is 22.5. The molecular formula is C20H19NO4. The molecule has 1 aliphatic heterocycles. The Morgan fingerprint density at radius 3 is 2.36 bits per heavy atom. The molecule has 0 amide bonds. The number of phenolic OH excluding ortho intramolecular Hbond substituents is 2. The lowest BCUT2D eigenvalue weighted by Gasteiger charge is -2.32. The first-order valence-electron chi connectivity index (χ1n) is 7.99. The molecule has 25 heavy (non-hydrogen) atoms. The van der Waals surface area contributed by atoms with Gasteiger partial charge in [0.25, 0.3) is 0 Å². The number of anilines is 1. The Bertz CT molecular complexity index is 997. The van der Waals surface area contributed by atoms with Gasteiger partial charge in [0.15, 0.2) is 23.0 Å². The Morgan fingerprint density at radius 2 is 1.64 bits per heavy atom. The zero-order valence-electron chi connectivity index (χ0n) is 14.3. The summed E-state index contributed by atoms with van der Waals surface area (Å²) >= 11 is 0. The highest BCUT2D eigenvalue weighted by molar-refractivity contribution is 6.05. The molecular weight excluding hydrogens is 318 g/mol. The van der Waals surface area contributed by atoms with Crippen molar-refractivity contribution in [3.8, 4) is 34.1 Å². The van der Waals surface area contributed by atoms with Crippen LogP contribution in [0.2, 0.25) is 0 Å². The second-order valence-electron chi connectivity index (χ2n) is 6.21. The van der Waals surface area contributed by atoms with Crippen molar-refractivity contribution < 1.29 is 19.7 Å². The van der Waals surface area contributed by atoms with Gasteiger partial charge in [0.2, 0.25) is 0 Å². The number of hydrogen-bond acceptors (Lipinski definition) is 5. The van der Waals surface area contributed by atoms with E-state index < -0.39 is 0 Å². The maximum atomic E-state index is 10.5. The first-order chi connectivity index (χ1) is 12.0. The van der Waals surface area contributed by atoms with Gasteiger partial charge in [-0.1, -0.05) is 12.1 Å². The average molecular weight is 337 g/mol. The van der Waals surface area contributed by atoms with Crippen LogP contribution in [-0.4, -0.2) is 31.5 Å². The van der Waals surface area contributed by atoms with E-state index in [4.69, 9.17) is 9.47 Å². The van der Waals surface area contributed by atoms with Crippen LogP contribution in [0.3, 0.4) is 0 Å². The average Bonchev–Trinajstić information content (AvgIpc) is 2.61. The standard InChI is InChI=1S/C20H19NO4/c1-21-10-15-12(6-7-17(24-2)20(15)23)13-5-4-11-8-16(22)18(25-3)9-14(11)19(13)21/h4-9,22-23H,10H2,1-3H3. The van der Waals surface area contributed by atoms with E-state index >= 15 is 0 Å². The Kier molecular flexibility index (Phi) is 3.39. The lowest BCUT2D eigenvalue weighted by molar-refractivity contribution is 0.370. The van der Waals surface area contributed by atoms with Crippen LogP contribution in [0, 0.1) is 0 Å². The molecule has 3 aromatic rings. The van der Waals surface area contributed by atoms with Crippen molar-refractivity contribution in [2.24, 2.45) is 0 Å². The Morgan fingerprint density at radius 1 is 0.920 bits per heavy atom. The van der Waals surface area contributed by atoms with Crippen molar-refractivity contribution in [1.82, 2.24) is 0 Å². The molecule has 0 saturated heterocycles. The summed E-state index contributed by atoms with van der Waals surface area (Å²) < 4.78 is 10.5. The van der Waals surface area contributed by atoms with Crippen LogP contribution >= 0.6 is 0 Å². The number of rotatable bonds is 2. The van der Waals surface area contributed by atoms with Crippen molar-refractivity contribution in [3.63, 3.8) is 0 Å². The molecule has 4 rings (SSSR count). The predicted molar refractivity (Wildman–Crippen MR) is 97.9 cm³/mol. The Hall–Kier alpha value is -3.08. The van der Waals surface area contributed by atoms with Crippen LogP contribution in [0.4, 0.5) is 5.69 Å². The van der Waals surface area contributed by atoms with Gasteiger partial charge in [-0.2, -0.15) is 0 Å². The molecule has 0 aliphatic carbocycles. The second kappa shape index (κ2) is 5.48. The fourth-order valence-corrected chi connectivity index (χ4v) is 3.62. The molecule has 0 aromatic heterocycles. The SMILES string of the molecule is COc1cc2c3c(ccc2cc1O)-c1ccc(OC)c(O)c1CN3C. The molecule has 0 bridgehead atoms. The summed E-state index contributed by atoms with van der Waals surface area (Å²) in [5.74, 6) is 1.22. The number of benzene rings is 3. The van der Waals surface area contributed by atoms with E-state index in [1.165, 1.54) is 0 Å². The van der Waals surface area contributed by atoms with Crippen molar-refractivity contribution in [2.75, 3.05) is 26.2 Å². The summed E-state index contributed by atoms with van der Waals surface area (Å²) in [7, 11) is 5.08. The van der Waals surface area contributed by atoms with Gasteiger partial charge in [-0.15, -0.1) is 0 Å². The monoisotopic (exact) mass is 337 g/mol. The molecule has 0 spiro atoms. The highest BCUT2D eigenvalue weighted by atomic mass is 16.5. The lowest BCUT2D eigenvalue weighted by Crippen LogP contribution is -2.22. The Balaban J connectivity index is 2.04. The fraction of sp³-hybridized carbons (Fsp3) is 0.200. The molecule has 1 aliphatic rings. The van der Waals surface area contributed by atoms with E-state index in [2.05, 4.69) is 4.90 Å². The maximum absolute atomic E-state index is 10.5. The number of fused-ring (bicyclic) bond motifs is 5. The van der Waals surface area contributed by atoms with Crippen molar-refractivity contribution in [3.05, 3.63) is 42.0 Å². The van der Waals surface area contributed by atoms with E-state index in [1.54, 1.807) is 26.4 Å². The van der Waals surface area contributed by atoms with Gasteiger partial charge in [-0.05, 0) is 35.2 Å². The molecule has 0 unspecified atom stereocenters. The molecule has 1 heterocycles. The van der Waals surface area contributed by atoms with Gasteiger partial charge in [0.05, 0.1) is 19.9 Å². The first kappa shape index (κ1) is 15.4. The van der Waals surface area contributed by atoms with Gasteiger partial charge in [0.1, 0.15) is 0 Å². The fourth-order valence-electron chi connectivity index (χ4n) is 3.62. The first-order valence-corrected chi connectivity index (χ1v) is 7.99. The third kappa shape index (κ3) is 2.16. The Labute approximate surface area is 145 Å². The minimum absolute atomic E-state index is 0.121. The molecule has 128 valence electrons. The predicted octanol–water partition coefficient (Wildman–Crippen LogP) is 3.89. The summed E-state index contributed by atoms with van der Waals surface area (Å²) in [5.41, 5.74) is 3.91. The van der Waals surface area contributed by atoms with E-state index in [1.807, 2.05) is 31.3 Å². The van der Waals surface area contributed by atoms with Crippen molar-refractivity contribution in [2.45, 2.75) is 6.54 Å². The summed E-state index contributed by atoms with van der Waals surface area (Å²) in [6.07, 6.45) is 0. The zero-order valence-corrected chi connectivity index (χ0v) is 14.3. The van der Waals surface area contributed by atoms with Crippen LogP contribution < -0.4 is 14.4 Å². The molecule has 0 saturated carbocycles. The van der Waals surface area contributed by atoms with Gasteiger partial charge < -0.3 is 24.6 Å². The topological polar surface area (TPSA) is 62.2 Å². The molecule has 0 atom stereocenters. The highest BCUT2D eigenvalue weighted by Gasteiger charge is 2.26. The van der Waals surface area contributed by atoms with Gasteiger partial charge >= 0.3 is 0 Å². The maximum Gasteiger partial charge on any atom is 0.163 e. The van der Waals surface area contributed by atoms with Crippen LogP contribution in [0.25, 0.3) is 21.9 Å². The van der Waals surface area contributed by atoms with E-state index in [0.29, 0.717) is 18.0 Å². The number of nitrogens with zero attached hydrogens (tertiary/aromatic N) is 1. The van der Waals surface area contributed by atoms with Crippen LogP contribution in [0.5, 0.6) is 23.0 Å². The number of phenols is 2. The van der Waals surface area contributed by atoms with Crippen molar-refractivity contribution in [1.29, 1.82) is 0 Å². The molecule has 5 heteroatoms. The number of ether oxygens (including phenoxy) is 2. The van der Waals surface area contributed by atoms with Crippen LogP contribution in [-0.2, 0) is 6.54 Å². The van der Waals surface area contributed by atoms with E-state index in [9.17, 15) is 10.2 Å². The molecule has 5 nitrogen and oxygen atoms in total.